The van der Waals surface area contributed by atoms with Crippen LogP contribution in [0.4, 0.5) is 8.78 Å². The van der Waals surface area contributed by atoms with Gasteiger partial charge >= 0.3 is 0 Å². The molecule has 0 bridgehead atoms. The number of piperidine rings is 1. The third-order valence-electron chi connectivity index (χ3n) is 7.09. The molecule has 0 aliphatic carbocycles. The van der Waals surface area contributed by atoms with E-state index in [9.17, 15) is 8.78 Å². The van der Waals surface area contributed by atoms with Crippen LogP contribution in [0.25, 0.3) is 5.57 Å². The Morgan fingerprint density at radius 1 is 1.24 bits per heavy atom. The summed E-state index contributed by atoms with van der Waals surface area (Å²) in [6.45, 7) is 16.7. The highest BCUT2D eigenvalue weighted by molar-refractivity contribution is 5.79. The number of benzene rings is 1. The van der Waals surface area contributed by atoms with Crippen LogP contribution in [0.3, 0.4) is 0 Å². The monoisotopic (exact) mass is 468 g/mol. The van der Waals surface area contributed by atoms with Crippen LogP contribution >= 0.6 is 0 Å². The Kier molecular flexibility index (Phi) is 8.90. The van der Waals surface area contributed by atoms with Crippen LogP contribution in [0.2, 0.25) is 0 Å². The van der Waals surface area contributed by atoms with Crippen molar-refractivity contribution in [2.45, 2.75) is 53.5 Å². The van der Waals surface area contributed by atoms with E-state index < -0.39 is 5.83 Å². The van der Waals surface area contributed by atoms with E-state index in [4.69, 9.17) is 4.74 Å². The molecule has 1 aromatic rings. The van der Waals surface area contributed by atoms with Crippen molar-refractivity contribution in [1.82, 2.24) is 9.80 Å². The Bertz CT molecular complexity index is 997. The summed E-state index contributed by atoms with van der Waals surface area (Å²) >= 11 is 0. The molecule has 0 N–H and O–H groups in total. The first-order valence-corrected chi connectivity index (χ1v) is 12.2. The standard InChI is InChI=1S/C29H38F2N2O/c1-6-9-10-27(28(31)18-30)26-12-11-24(17-22(26)4)19-32-15-13-29(14-16-32)20-33(23(5)34-21-29)25(7-2)8-3/h6-7,9-12,17-18H,5,8,13-16,19-21H2,1-4H3/b9-6-,25-7+,27-10-,28-18-. The average Bonchev–Trinajstić information content (AvgIpc) is 2.84. The number of likely N-dealkylation sites (tertiary alicyclic amines) is 1. The molecule has 0 radical (unpaired) electrons. The third-order valence-corrected chi connectivity index (χ3v) is 7.09. The minimum absolute atomic E-state index is 0.0252. The van der Waals surface area contributed by atoms with E-state index in [1.807, 2.05) is 26.0 Å². The average molecular weight is 469 g/mol. The van der Waals surface area contributed by atoms with E-state index in [-0.39, 0.29) is 17.3 Å². The summed E-state index contributed by atoms with van der Waals surface area (Å²) < 4.78 is 33.1. The highest BCUT2D eigenvalue weighted by Gasteiger charge is 2.41. The third kappa shape index (κ3) is 5.87. The van der Waals surface area contributed by atoms with Gasteiger partial charge in [0.1, 0.15) is 6.33 Å². The van der Waals surface area contributed by atoms with E-state index in [0.717, 1.165) is 63.5 Å². The highest BCUT2D eigenvalue weighted by atomic mass is 19.2. The smallest absolute Gasteiger partial charge is 0.186 e. The summed E-state index contributed by atoms with van der Waals surface area (Å²) in [6, 6.07) is 6.01. The van der Waals surface area contributed by atoms with Crippen LogP contribution in [0, 0.1) is 12.3 Å². The molecule has 2 aliphatic heterocycles. The SMILES string of the molecule is C=C1OCC2(CCN(Cc3ccc(C(=C/C=C\C)/C(F)=C/F)c(C)c3)CC2)CN1/C(=C/C)CC. The second-order valence-corrected chi connectivity index (χ2v) is 9.39. The maximum absolute atomic E-state index is 14.1. The lowest BCUT2D eigenvalue weighted by Crippen LogP contribution is -2.51. The molecule has 0 saturated carbocycles. The molecule has 0 unspecified atom stereocenters. The fourth-order valence-electron chi connectivity index (χ4n) is 5.02. The maximum atomic E-state index is 14.1. The molecule has 3 rings (SSSR count). The first-order chi connectivity index (χ1) is 16.4. The second kappa shape index (κ2) is 11.7. The van der Waals surface area contributed by atoms with Crippen LogP contribution < -0.4 is 0 Å². The fourth-order valence-corrected chi connectivity index (χ4v) is 5.02. The number of rotatable bonds is 7. The molecule has 2 saturated heterocycles. The number of hydrogen-bond donors (Lipinski definition) is 0. The first-order valence-electron chi connectivity index (χ1n) is 12.2. The van der Waals surface area contributed by atoms with E-state index in [0.29, 0.717) is 5.56 Å². The lowest BCUT2D eigenvalue weighted by Gasteiger charge is -2.48. The van der Waals surface area contributed by atoms with Gasteiger partial charge in [0.05, 0.1) is 6.61 Å². The normalized spacial score (nSPS) is 20.4. The number of nitrogens with zero attached hydrogens (tertiary/aromatic N) is 2. The topological polar surface area (TPSA) is 15.7 Å². The predicted octanol–water partition coefficient (Wildman–Crippen LogP) is 7.43. The Balaban J connectivity index is 1.66. The summed E-state index contributed by atoms with van der Waals surface area (Å²) in [4.78, 5) is 4.73. The van der Waals surface area contributed by atoms with Gasteiger partial charge in [-0.15, -0.1) is 0 Å². The summed E-state index contributed by atoms with van der Waals surface area (Å²) in [5, 5.41) is 0. The molecular formula is C29H38F2N2O. The molecule has 2 heterocycles. The van der Waals surface area contributed by atoms with Crippen molar-refractivity contribution in [2.24, 2.45) is 5.41 Å². The van der Waals surface area contributed by atoms with Gasteiger partial charge in [0.2, 0.25) is 0 Å². The minimum atomic E-state index is -0.856. The van der Waals surface area contributed by atoms with Crippen LogP contribution in [0.15, 0.2) is 72.8 Å². The lowest BCUT2D eigenvalue weighted by atomic mass is 9.77. The number of allylic oxidation sites excluding steroid dienone is 7. The molecule has 0 atom stereocenters. The summed E-state index contributed by atoms with van der Waals surface area (Å²) in [5.41, 5.74) is 4.52. The molecule has 0 aromatic heterocycles. The summed E-state index contributed by atoms with van der Waals surface area (Å²) in [7, 11) is 0. The predicted molar refractivity (Wildman–Crippen MR) is 137 cm³/mol. The molecule has 1 aromatic carbocycles. The molecule has 34 heavy (non-hydrogen) atoms. The number of halogens is 2. The van der Waals surface area contributed by atoms with E-state index >= 15 is 0 Å². The van der Waals surface area contributed by atoms with Crippen molar-refractivity contribution in [1.29, 1.82) is 0 Å². The molecule has 2 aliphatic rings. The molecule has 2 fully saturated rings. The number of aryl methyl sites for hydroxylation is 1. The Morgan fingerprint density at radius 2 is 1.97 bits per heavy atom. The van der Waals surface area contributed by atoms with Crippen molar-refractivity contribution in [3.8, 4) is 0 Å². The first kappa shape index (κ1) is 26.0. The van der Waals surface area contributed by atoms with Gasteiger partial charge in [0.25, 0.3) is 0 Å². The maximum Gasteiger partial charge on any atom is 0.186 e. The van der Waals surface area contributed by atoms with Gasteiger partial charge in [-0.3, -0.25) is 4.90 Å². The highest BCUT2D eigenvalue weighted by Crippen LogP contribution is 2.39. The van der Waals surface area contributed by atoms with Crippen LogP contribution in [0.5, 0.6) is 0 Å². The van der Waals surface area contributed by atoms with Crippen molar-refractivity contribution < 1.29 is 13.5 Å². The Morgan fingerprint density at radius 3 is 2.56 bits per heavy atom. The van der Waals surface area contributed by atoms with Gasteiger partial charge in [0, 0.05) is 29.8 Å². The van der Waals surface area contributed by atoms with Crippen molar-refractivity contribution >= 4 is 5.57 Å². The number of ether oxygens (including phenoxy) is 1. The van der Waals surface area contributed by atoms with Crippen molar-refractivity contribution in [2.75, 3.05) is 26.2 Å². The molecule has 3 nitrogen and oxygen atoms in total. The lowest BCUT2D eigenvalue weighted by molar-refractivity contribution is -0.0534. The molecule has 184 valence electrons. The molecule has 1 spiro atoms. The van der Waals surface area contributed by atoms with E-state index in [1.165, 1.54) is 11.3 Å². The van der Waals surface area contributed by atoms with Crippen LogP contribution in [-0.2, 0) is 11.3 Å². The van der Waals surface area contributed by atoms with Gasteiger partial charge in [0.15, 0.2) is 11.7 Å². The zero-order valence-corrected chi connectivity index (χ0v) is 21.0. The van der Waals surface area contributed by atoms with Crippen molar-refractivity contribution in [3.63, 3.8) is 0 Å². The zero-order valence-electron chi connectivity index (χ0n) is 21.0. The molecule has 0 amide bonds. The van der Waals surface area contributed by atoms with E-state index in [2.05, 4.69) is 42.4 Å². The van der Waals surface area contributed by atoms with Gasteiger partial charge in [-0.25, -0.2) is 8.78 Å². The second-order valence-electron chi connectivity index (χ2n) is 9.39. The fraction of sp³-hybridized carbons (Fsp3) is 0.448. The summed E-state index contributed by atoms with van der Waals surface area (Å²) in [6.07, 6.45) is 10.4. The summed E-state index contributed by atoms with van der Waals surface area (Å²) in [5.74, 6) is -0.0914. The quantitative estimate of drug-likeness (QED) is 0.387. The van der Waals surface area contributed by atoms with Gasteiger partial charge in [-0.2, -0.15) is 0 Å². The Hall–Kier alpha value is -2.66. The van der Waals surface area contributed by atoms with E-state index in [1.54, 1.807) is 18.2 Å². The molecular weight excluding hydrogens is 430 g/mol. The number of hydrogen-bond acceptors (Lipinski definition) is 3. The van der Waals surface area contributed by atoms with Gasteiger partial charge < -0.3 is 9.64 Å². The minimum Gasteiger partial charge on any atom is -0.479 e. The Labute approximate surface area is 203 Å². The van der Waals surface area contributed by atoms with Crippen LogP contribution in [-0.4, -0.2) is 36.0 Å². The van der Waals surface area contributed by atoms with Crippen LogP contribution in [0.1, 0.15) is 56.7 Å². The largest absolute Gasteiger partial charge is 0.479 e. The zero-order chi connectivity index (χ0) is 24.7. The van der Waals surface area contributed by atoms with Gasteiger partial charge in [-0.05, 0) is 76.4 Å². The van der Waals surface area contributed by atoms with Crippen molar-refractivity contribution in [3.05, 3.63) is 89.5 Å². The molecule has 5 heteroatoms. The van der Waals surface area contributed by atoms with Gasteiger partial charge in [-0.1, -0.05) is 49.4 Å².